The lowest BCUT2D eigenvalue weighted by Crippen LogP contribution is -2.36. The lowest BCUT2D eigenvalue weighted by atomic mass is 9.75. The van der Waals surface area contributed by atoms with Crippen molar-refractivity contribution in [3.05, 3.63) is 29.8 Å². The van der Waals surface area contributed by atoms with Crippen molar-refractivity contribution in [2.45, 2.75) is 65.4 Å². The predicted molar refractivity (Wildman–Crippen MR) is 117 cm³/mol. The van der Waals surface area contributed by atoms with E-state index in [1.165, 1.54) is 11.3 Å². The molecule has 3 aliphatic carbocycles. The Morgan fingerprint density at radius 1 is 1.00 bits per heavy atom. The van der Waals surface area contributed by atoms with Gasteiger partial charge in [0.1, 0.15) is 6.10 Å². The summed E-state index contributed by atoms with van der Waals surface area (Å²) in [5, 5.41) is 0. The molecule has 166 valence electrons. The average molecular weight is 424 g/mol. The fourth-order valence-corrected chi connectivity index (χ4v) is 6.89. The van der Waals surface area contributed by atoms with E-state index in [1.54, 1.807) is 24.3 Å². The number of carbonyl (C=O) groups excluding carboxylic acids is 3. The third-order valence-corrected chi connectivity index (χ3v) is 8.49. The van der Waals surface area contributed by atoms with Crippen LogP contribution in [0.25, 0.3) is 0 Å². The van der Waals surface area contributed by atoms with Crippen LogP contribution in [-0.4, -0.2) is 23.9 Å². The van der Waals surface area contributed by atoms with Crippen LogP contribution >= 0.6 is 0 Å². The second-order valence-corrected chi connectivity index (χ2v) is 10.7. The monoisotopic (exact) mass is 423 g/mol. The minimum atomic E-state index is -0.356. The summed E-state index contributed by atoms with van der Waals surface area (Å²) in [6, 6.07) is 6.89. The van der Waals surface area contributed by atoms with Crippen LogP contribution in [0.5, 0.6) is 0 Å². The normalized spacial score (nSPS) is 36.9. The maximum Gasteiger partial charge on any atom is 0.338 e. The molecular formula is C26H33NO4. The molecule has 5 rings (SSSR count). The van der Waals surface area contributed by atoms with E-state index >= 15 is 0 Å². The zero-order chi connectivity index (χ0) is 21.9. The Kier molecular flexibility index (Phi) is 5.18. The number of ether oxygens (including phenoxy) is 1. The van der Waals surface area contributed by atoms with Crippen LogP contribution in [0.1, 0.15) is 69.7 Å². The molecule has 1 saturated heterocycles. The molecule has 5 nitrogen and oxygen atoms in total. The molecule has 5 heteroatoms. The molecule has 7 atom stereocenters. The number of hydrogen-bond acceptors (Lipinski definition) is 4. The molecule has 0 unspecified atom stereocenters. The highest BCUT2D eigenvalue weighted by Crippen LogP contribution is 2.56. The van der Waals surface area contributed by atoms with E-state index in [0.717, 1.165) is 32.1 Å². The van der Waals surface area contributed by atoms with Crippen molar-refractivity contribution in [2.75, 3.05) is 4.90 Å². The summed E-state index contributed by atoms with van der Waals surface area (Å²) in [5.74, 6) is 1.28. The van der Waals surface area contributed by atoms with E-state index in [-0.39, 0.29) is 35.7 Å². The average Bonchev–Trinajstić information content (AvgIpc) is 3.41. The Morgan fingerprint density at radius 3 is 2.32 bits per heavy atom. The minimum absolute atomic E-state index is 0.0753. The minimum Gasteiger partial charge on any atom is -0.458 e. The van der Waals surface area contributed by atoms with Crippen molar-refractivity contribution in [3.8, 4) is 0 Å². The van der Waals surface area contributed by atoms with E-state index in [0.29, 0.717) is 40.8 Å². The van der Waals surface area contributed by atoms with E-state index in [1.807, 2.05) is 0 Å². The third kappa shape index (κ3) is 3.41. The number of benzene rings is 1. The molecule has 0 radical (unpaired) electrons. The lowest BCUT2D eigenvalue weighted by Gasteiger charge is -2.36. The first-order chi connectivity index (χ1) is 14.8. The molecule has 4 fully saturated rings. The molecular weight excluding hydrogens is 390 g/mol. The molecule has 1 heterocycles. The smallest absolute Gasteiger partial charge is 0.338 e. The highest BCUT2D eigenvalue weighted by molar-refractivity contribution is 6.22. The van der Waals surface area contributed by atoms with Crippen LogP contribution in [0.4, 0.5) is 5.69 Å². The van der Waals surface area contributed by atoms with Gasteiger partial charge in [0.2, 0.25) is 11.8 Å². The number of carbonyl (C=O) groups is 3. The van der Waals surface area contributed by atoms with Gasteiger partial charge < -0.3 is 4.74 Å². The number of anilines is 1. The molecule has 4 aliphatic rings. The fraction of sp³-hybridized carbons (Fsp3) is 0.654. The Hall–Kier alpha value is -2.17. The molecule has 31 heavy (non-hydrogen) atoms. The maximum absolute atomic E-state index is 13.1. The van der Waals surface area contributed by atoms with Crippen LogP contribution in [-0.2, 0) is 14.3 Å². The number of amides is 2. The first-order valence-electron chi connectivity index (χ1n) is 12.0. The molecule has 1 aliphatic heterocycles. The van der Waals surface area contributed by atoms with Gasteiger partial charge in [0, 0.05) is 0 Å². The van der Waals surface area contributed by atoms with E-state index in [9.17, 15) is 14.4 Å². The van der Waals surface area contributed by atoms with Gasteiger partial charge in [-0.25, -0.2) is 4.79 Å². The van der Waals surface area contributed by atoms with Gasteiger partial charge in [0.15, 0.2) is 0 Å². The number of fused-ring (bicyclic) bond motifs is 5. The van der Waals surface area contributed by atoms with Gasteiger partial charge in [-0.1, -0.05) is 33.3 Å². The number of hydrogen-bond donors (Lipinski definition) is 0. The highest BCUT2D eigenvalue weighted by atomic mass is 16.5. The molecule has 0 aromatic heterocycles. The largest absolute Gasteiger partial charge is 0.458 e. The Balaban J connectivity index is 1.35. The molecule has 0 N–H and O–H groups in total. The molecule has 0 spiro atoms. The van der Waals surface area contributed by atoms with Gasteiger partial charge in [-0.05, 0) is 79.9 Å². The van der Waals surface area contributed by atoms with Crippen molar-refractivity contribution >= 4 is 23.5 Å². The van der Waals surface area contributed by atoms with Gasteiger partial charge in [-0.3, -0.25) is 14.5 Å². The van der Waals surface area contributed by atoms with Crippen molar-refractivity contribution in [2.24, 2.45) is 41.4 Å². The second-order valence-electron chi connectivity index (χ2n) is 10.7. The molecule has 2 bridgehead atoms. The molecule has 3 saturated carbocycles. The summed E-state index contributed by atoms with van der Waals surface area (Å²) in [4.78, 5) is 40.6. The molecule has 2 amide bonds. The number of esters is 1. The van der Waals surface area contributed by atoms with Gasteiger partial charge >= 0.3 is 5.97 Å². The lowest BCUT2D eigenvalue weighted by molar-refractivity contribution is -0.123. The number of rotatable bonds is 4. The van der Waals surface area contributed by atoms with E-state index in [4.69, 9.17) is 4.74 Å². The van der Waals surface area contributed by atoms with E-state index < -0.39 is 0 Å². The van der Waals surface area contributed by atoms with Gasteiger partial charge in [-0.15, -0.1) is 0 Å². The fourth-order valence-electron chi connectivity index (χ4n) is 6.89. The number of nitrogens with zero attached hydrogens (tertiary/aromatic N) is 1. The van der Waals surface area contributed by atoms with Crippen molar-refractivity contribution in [3.63, 3.8) is 0 Å². The second kappa shape index (κ2) is 7.75. The maximum atomic E-state index is 13.1. The van der Waals surface area contributed by atoms with E-state index in [2.05, 4.69) is 20.8 Å². The van der Waals surface area contributed by atoms with Crippen molar-refractivity contribution in [1.29, 1.82) is 0 Å². The van der Waals surface area contributed by atoms with Crippen LogP contribution < -0.4 is 4.90 Å². The predicted octanol–water partition coefficient (Wildman–Crippen LogP) is 4.84. The van der Waals surface area contributed by atoms with Gasteiger partial charge in [0.05, 0.1) is 23.1 Å². The summed E-state index contributed by atoms with van der Waals surface area (Å²) in [6.45, 7) is 6.60. The third-order valence-electron chi connectivity index (χ3n) is 8.49. The van der Waals surface area contributed by atoms with Crippen LogP contribution in [0.3, 0.4) is 0 Å². The van der Waals surface area contributed by atoms with Gasteiger partial charge in [-0.2, -0.15) is 0 Å². The van der Waals surface area contributed by atoms with Gasteiger partial charge in [0.25, 0.3) is 0 Å². The number of imide groups is 1. The summed E-state index contributed by atoms with van der Waals surface area (Å²) in [5.41, 5.74) is 0.925. The van der Waals surface area contributed by atoms with Crippen molar-refractivity contribution in [1.82, 2.24) is 0 Å². The zero-order valence-corrected chi connectivity index (χ0v) is 18.8. The Bertz CT molecular complexity index is 880. The van der Waals surface area contributed by atoms with Crippen LogP contribution in [0, 0.1) is 41.4 Å². The first-order valence-corrected chi connectivity index (χ1v) is 12.0. The Labute approximate surface area is 184 Å². The Morgan fingerprint density at radius 2 is 1.68 bits per heavy atom. The summed E-state index contributed by atoms with van der Waals surface area (Å²) < 4.78 is 5.98. The molecule has 1 aromatic carbocycles. The molecule has 1 aromatic rings. The summed E-state index contributed by atoms with van der Waals surface area (Å²) in [7, 11) is 0. The van der Waals surface area contributed by atoms with Crippen LogP contribution in [0.2, 0.25) is 0 Å². The SMILES string of the molecule is CC(C)[C@@H]1CC[C@H](C)C[C@H]1OC(=O)c1cccc(N2C(=O)[C@@H]3[C@@H]4CC[C@H](C4)[C@@H]3C2=O)c1. The summed E-state index contributed by atoms with van der Waals surface area (Å²) in [6.07, 6.45) is 6.20. The van der Waals surface area contributed by atoms with Crippen LogP contribution in [0.15, 0.2) is 24.3 Å². The topological polar surface area (TPSA) is 63.7 Å². The quantitative estimate of drug-likeness (QED) is 0.513. The van der Waals surface area contributed by atoms with Crippen molar-refractivity contribution < 1.29 is 19.1 Å². The zero-order valence-electron chi connectivity index (χ0n) is 18.8. The highest BCUT2D eigenvalue weighted by Gasteiger charge is 2.61. The first kappa shape index (κ1) is 20.7. The standard InChI is InChI=1S/C26H33NO4/c1-14(2)20-10-7-15(3)11-21(20)31-26(30)18-5-4-6-19(13-18)27-24(28)22-16-8-9-17(12-16)23(22)25(27)29/h4-6,13-17,20-23H,7-12H2,1-3H3/t15-,16+,17+,20-,21+,22-,23+/m0/s1. The summed E-state index contributed by atoms with van der Waals surface area (Å²) >= 11 is 0.